The van der Waals surface area contributed by atoms with Gasteiger partial charge in [-0.25, -0.2) is 15.0 Å². The average Bonchev–Trinajstić information content (AvgIpc) is 3.58. The monoisotopic (exact) mass is 732 g/mol. The van der Waals surface area contributed by atoms with Crippen molar-refractivity contribution in [2.75, 3.05) is 0 Å². The Kier molecular flexibility index (Phi) is 7.21. The molecule has 1 aliphatic rings. The Labute approximate surface area is 332 Å². The fourth-order valence-corrected chi connectivity index (χ4v) is 9.44. The van der Waals surface area contributed by atoms with Crippen molar-refractivity contribution in [1.29, 1.82) is 0 Å². The number of rotatable bonds is 4. The summed E-state index contributed by atoms with van der Waals surface area (Å²) in [7, 11) is 0. The van der Waals surface area contributed by atoms with E-state index in [2.05, 4.69) is 166 Å². The van der Waals surface area contributed by atoms with Crippen LogP contribution in [0.4, 0.5) is 0 Å². The minimum atomic E-state index is -0.160. The second-order valence-corrected chi connectivity index (χ2v) is 16.4. The standard InChI is InChI=1S/C53H40N4/c1-52(2)44-32-47-43(31-42(44)40-28-27-33-17-11-12-22-36(33)48(40)53(52,3)4)39-25-15-16-26-45(39)57(47)46-30-29-41(37-23-13-14-24-38(37)46)51-55-49(34-18-7-5-8-19-34)54-50(56-51)35-20-9-6-10-21-35/h5-32H,1-4H3. The Bertz CT molecular complexity index is 3170. The second kappa shape index (κ2) is 12.3. The number of para-hydroxylation sites is 1. The van der Waals surface area contributed by atoms with Crippen LogP contribution in [-0.2, 0) is 10.8 Å². The summed E-state index contributed by atoms with van der Waals surface area (Å²) >= 11 is 0. The van der Waals surface area contributed by atoms with Crippen molar-refractivity contribution in [1.82, 2.24) is 19.5 Å². The minimum Gasteiger partial charge on any atom is -0.309 e. The van der Waals surface area contributed by atoms with E-state index in [1.54, 1.807) is 0 Å². The van der Waals surface area contributed by atoms with Gasteiger partial charge in [0, 0.05) is 38.3 Å². The summed E-state index contributed by atoms with van der Waals surface area (Å²) in [5, 5.41) is 7.36. The molecule has 10 aromatic rings. The van der Waals surface area contributed by atoms with Crippen molar-refractivity contribution in [3.05, 3.63) is 181 Å². The number of aromatic nitrogens is 4. The van der Waals surface area contributed by atoms with E-state index < -0.39 is 0 Å². The normalized spacial score (nSPS) is 14.2. The van der Waals surface area contributed by atoms with Crippen molar-refractivity contribution in [3.8, 4) is 51.0 Å². The van der Waals surface area contributed by atoms with Crippen molar-refractivity contribution in [3.63, 3.8) is 0 Å². The molecule has 1 aliphatic carbocycles. The molecular weight excluding hydrogens is 693 g/mol. The Balaban J connectivity index is 1.17. The molecule has 8 aromatic carbocycles. The summed E-state index contributed by atoms with van der Waals surface area (Å²) in [5.74, 6) is 1.96. The summed E-state index contributed by atoms with van der Waals surface area (Å²) < 4.78 is 2.48. The van der Waals surface area contributed by atoms with E-state index in [9.17, 15) is 0 Å². The zero-order valence-corrected chi connectivity index (χ0v) is 32.5. The van der Waals surface area contributed by atoms with Crippen molar-refractivity contribution in [2.24, 2.45) is 0 Å². The lowest BCUT2D eigenvalue weighted by atomic mass is 9.54. The maximum atomic E-state index is 5.13. The van der Waals surface area contributed by atoms with Gasteiger partial charge in [0.25, 0.3) is 0 Å². The SMILES string of the molecule is CC1(C)c2cc3c(cc2-c2ccc4ccccc4c2C1(C)C)c1ccccc1n3-c1ccc(-c2nc(-c3ccccc3)nc(-c3ccccc3)n2)c2ccccc12. The van der Waals surface area contributed by atoms with Crippen molar-refractivity contribution < 1.29 is 0 Å². The van der Waals surface area contributed by atoms with Crippen LogP contribution >= 0.6 is 0 Å². The van der Waals surface area contributed by atoms with Gasteiger partial charge in [0.1, 0.15) is 0 Å². The molecule has 272 valence electrons. The molecule has 0 radical (unpaired) electrons. The highest BCUT2D eigenvalue weighted by molar-refractivity contribution is 6.13. The fraction of sp³-hybridized carbons (Fsp3) is 0.113. The van der Waals surface area contributed by atoms with Gasteiger partial charge in [-0.2, -0.15) is 0 Å². The molecule has 0 saturated heterocycles. The first-order valence-corrected chi connectivity index (χ1v) is 19.8. The summed E-state index contributed by atoms with van der Waals surface area (Å²) in [6.45, 7) is 9.73. The van der Waals surface area contributed by atoms with E-state index in [0.717, 1.165) is 33.2 Å². The van der Waals surface area contributed by atoms with Crippen LogP contribution in [0.25, 0.3) is 94.3 Å². The van der Waals surface area contributed by atoms with Gasteiger partial charge in [-0.1, -0.05) is 167 Å². The maximum absolute atomic E-state index is 5.13. The van der Waals surface area contributed by atoms with Gasteiger partial charge in [-0.3, -0.25) is 0 Å². The number of fused-ring (bicyclic) bond motifs is 9. The van der Waals surface area contributed by atoms with E-state index in [-0.39, 0.29) is 10.8 Å². The molecule has 0 bridgehead atoms. The van der Waals surface area contributed by atoms with E-state index >= 15 is 0 Å². The topological polar surface area (TPSA) is 43.6 Å². The Morgan fingerprint density at radius 2 is 0.947 bits per heavy atom. The van der Waals surface area contributed by atoms with E-state index in [1.807, 2.05) is 36.4 Å². The number of hydrogen-bond acceptors (Lipinski definition) is 3. The molecule has 57 heavy (non-hydrogen) atoms. The van der Waals surface area contributed by atoms with Crippen LogP contribution in [0.2, 0.25) is 0 Å². The molecule has 0 fully saturated rings. The zero-order chi connectivity index (χ0) is 38.5. The molecule has 0 N–H and O–H groups in total. The third kappa shape index (κ3) is 4.90. The molecule has 0 aliphatic heterocycles. The Morgan fingerprint density at radius 3 is 1.65 bits per heavy atom. The van der Waals surface area contributed by atoms with Gasteiger partial charge in [0.05, 0.1) is 16.7 Å². The van der Waals surface area contributed by atoms with Crippen LogP contribution < -0.4 is 0 Å². The van der Waals surface area contributed by atoms with Crippen LogP contribution in [0.1, 0.15) is 38.8 Å². The molecule has 4 nitrogen and oxygen atoms in total. The molecule has 4 heteroatoms. The quantitative estimate of drug-likeness (QED) is 0.181. The first kappa shape index (κ1) is 33.4. The van der Waals surface area contributed by atoms with Crippen LogP contribution in [0.5, 0.6) is 0 Å². The predicted octanol–water partition coefficient (Wildman–Crippen LogP) is 13.5. The maximum Gasteiger partial charge on any atom is 0.164 e. The molecule has 0 atom stereocenters. The highest BCUT2D eigenvalue weighted by atomic mass is 15.0. The molecule has 0 saturated carbocycles. The highest BCUT2D eigenvalue weighted by Crippen LogP contribution is 2.57. The third-order valence-corrected chi connectivity index (χ3v) is 13.0. The minimum absolute atomic E-state index is 0.128. The zero-order valence-electron chi connectivity index (χ0n) is 32.5. The van der Waals surface area contributed by atoms with Crippen LogP contribution in [0.15, 0.2) is 170 Å². The fourth-order valence-electron chi connectivity index (χ4n) is 9.44. The summed E-state index contributed by atoms with van der Waals surface area (Å²) in [5.41, 5.74) is 11.6. The highest BCUT2D eigenvalue weighted by Gasteiger charge is 2.47. The lowest BCUT2D eigenvalue weighted by Gasteiger charge is -2.49. The molecule has 0 spiro atoms. The van der Waals surface area contributed by atoms with Gasteiger partial charge >= 0.3 is 0 Å². The van der Waals surface area contributed by atoms with Gasteiger partial charge in [0.2, 0.25) is 0 Å². The molecule has 0 unspecified atom stereocenters. The molecule has 0 amide bonds. The van der Waals surface area contributed by atoms with E-state index in [1.165, 1.54) is 54.8 Å². The smallest absolute Gasteiger partial charge is 0.164 e. The van der Waals surface area contributed by atoms with Gasteiger partial charge < -0.3 is 4.57 Å². The first-order chi connectivity index (χ1) is 27.8. The van der Waals surface area contributed by atoms with Crippen molar-refractivity contribution >= 4 is 43.4 Å². The molecular formula is C53H40N4. The Morgan fingerprint density at radius 1 is 0.386 bits per heavy atom. The molecule has 2 aromatic heterocycles. The third-order valence-electron chi connectivity index (χ3n) is 13.0. The molecule has 2 heterocycles. The average molecular weight is 733 g/mol. The largest absolute Gasteiger partial charge is 0.309 e. The predicted molar refractivity (Wildman–Crippen MR) is 237 cm³/mol. The molecule has 11 rings (SSSR count). The van der Waals surface area contributed by atoms with E-state index in [0.29, 0.717) is 17.5 Å². The van der Waals surface area contributed by atoms with Crippen molar-refractivity contribution in [2.45, 2.75) is 38.5 Å². The lowest BCUT2D eigenvalue weighted by Crippen LogP contribution is -2.43. The number of benzene rings is 8. The summed E-state index contributed by atoms with van der Waals surface area (Å²) in [6.07, 6.45) is 0. The van der Waals surface area contributed by atoms with Gasteiger partial charge in [-0.15, -0.1) is 0 Å². The second-order valence-electron chi connectivity index (χ2n) is 16.4. The lowest BCUT2D eigenvalue weighted by molar-refractivity contribution is 0.301. The van der Waals surface area contributed by atoms with Crippen LogP contribution in [0.3, 0.4) is 0 Å². The van der Waals surface area contributed by atoms with Crippen LogP contribution in [0, 0.1) is 0 Å². The summed E-state index contributed by atoms with van der Waals surface area (Å²) in [4.78, 5) is 15.2. The van der Waals surface area contributed by atoms with Gasteiger partial charge in [-0.05, 0) is 74.2 Å². The summed E-state index contributed by atoms with van der Waals surface area (Å²) in [6, 6.07) is 60.8. The first-order valence-electron chi connectivity index (χ1n) is 19.8. The van der Waals surface area contributed by atoms with E-state index in [4.69, 9.17) is 15.0 Å². The number of nitrogens with zero attached hydrogens (tertiary/aromatic N) is 4. The number of hydrogen-bond donors (Lipinski definition) is 0. The van der Waals surface area contributed by atoms with Gasteiger partial charge in [0.15, 0.2) is 17.5 Å². The van der Waals surface area contributed by atoms with Crippen LogP contribution in [-0.4, -0.2) is 19.5 Å². The Hall–Kier alpha value is -6.91.